The highest BCUT2D eigenvalue weighted by Gasteiger charge is 2.03. The van der Waals surface area contributed by atoms with E-state index in [1.807, 2.05) is 0 Å². The highest BCUT2D eigenvalue weighted by atomic mass is 14.1. The van der Waals surface area contributed by atoms with Crippen molar-refractivity contribution in [2.75, 3.05) is 0 Å². The molecular formula is C12H14. The standard InChI is InChI=1S/C12H14/c1-8-6-11-5-4-9(2)10(3)12(11)7-8/h4-8H,1-3H3. The molecule has 0 saturated carbocycles. The Morgan fingerprint density at radius 3 is 2.58 bits per heavy atom. The van der Waals surface area contributed by atoms with Gasteiger partial charge in [-0.15, -0.1) is 0 Å². The molecule has 0 heteroatoms. The summed E-state index contributed by atoms with van der Waals surface area (Å²) in [4.78, 5) is 0. The van der Waals surface area contributed by atoms with Gasteiger partial charge in [0.1, 0.15) is 0 Å². The normalized spacial score (nSPS) is 19.8. The van der Waals surface area contributed by atoms with E-state index in [9.17, 15) is 0 Å². The summed E-state index contributed by atoms with van der Waals surface area (Å²) in [6.07, 6.45) is 4.67. The van der Waals surface area contributed by atoms with Crippen molar-refractivity contribution in [3.63, 3.8) is 0 Å². The number of hydrogen-bond donors (Lipinski definition) is 0. The van der Waals surface area contributed by atoms with Crippen molar-refractivity contribution in [2.45, 2.75) is 20.8 Å². The lowest BCUT2D eigenvalue weighted by Crippen LogP contribution is -2.24. The third kappa shape index (κ3) is 0.989. The number of benzene rings is 1. The van der Waals surface area contributed by atoms with Gasteiger partial charge in [0.15, 0.2) is 0 Å². The van der Waals surface area contributed by atoms with Crippen LogP contribution >= 0.6 is 0 Å². The summed E-state index contributed by atoms with van der Waals surface area (Å²) in [5.74, 6) is 0.612. The summed E-state index contributed by atoms with van der Waals surface area (Å²) in [6, 6.07) is 4.42. The predicted molar refractivity (Wildman–Crippen MR) is 53.3 cm³/mol. The van der Waals surface area contributed by atoms with Gasteiger partial charge in [0.25, 0.3) is 0 Å². The molecule has 1 unspecified atom stereocenters. The van der Waals surface area contributed by atoms with Gasteiger partial charge >= 0.3 is 0 Å². The van der Waals surface area contributed by atoms with E-state index in [0.717, 1.165) is 0 Å². The molecule has 1 aliphatic rings. The summed E-state index contributed by atoms with van der Waals surface area (Å²) in [5, 5.41) is 2.85. The Kier molecular flexibility index (Phi) is 1.57. The summed E-state index contributed by atoms with van der Waals surface area (Å²) in [7, 11) is 0. The number of rotatable bonds is 0. The van der Waals surface area contributed by atoms with Gasteiger partial charge in [0.2, 0.25) is 0 Å². The van der Waals surface area contributed by atoms with Crippen molar-refractivity contribution >= 4 is 12.2 Å². The summed E-state index contributed by atoms with van der Waals surface area (Å²) < 4.78 is 0. The fourth-order valence-corrected chi connectivity index (χ4v) is 1.82. The van der Waals surface area contributed by atoms with E-state index in [1.165, 1.54) is 21.6 Å². The van der Waals surface area contributed by atoms with Crippen molar-refractivity contribution in [1.82, 2.24) is 0 Å². The highest BCUT2D eigenvalue weighted by molar-refractivity contribution is 5.52. The zero-order chi connectivity index (χ0) is 8.72. The Hall–Kier alpha value is -1.04. The minimum absolute atomic E-state index is 0.612. The van der Waals surface area contributed by atoms with E-state index in [4.69, 9.17) is 0 Å². The van der Waals surface area contributed by atoms with Crippen LogP contribution in [0.15, 0.2) is 12.1 Å². The first-order chi connectivity index (χ1) is 5.68. The molecule has 0 aromatic heterocycles. The minimum atomic E-state index is 0.612. The second kappa shape index (κ2) is 2.48. The second-order valence-corrected chi connectivity index (χ2v) is 3.70. The molecule has 0 nitrogen and oxygen atoms in total. The van der Waals surface area contributed by atoms with Crippen molar-refractivity contribution in [3.05, 3.63) is 33.7 Å². The average Bonchev–Trinajstić information content (AvgIpc) is 2.39. The first-order valence-electron chi connectivity index (χ1n) is 4.48. The van der Waals surface area contributed by atoms with Crippen LogP contribution in [0.4, 0.5) is 0 Å². The lowest BCUT2D eigenvalue weighted by atomic mass is 10.1. The van der Waals surface area contributed by atoms with Crippen LogP contribution in [0.1, 0.15) is 18.1 Å². The molecule has 0 radical (unpaired) electrons. The quantitative estimate of drug-likeness (QED) is 0.537. The zero-order valence-electron chi connectivity index (χ0n) is 7.89. The molecule has 12 heavy (non-hydrogen) atoms. The Balaban J connectivity index is 2.87. The van der Waals surface area contributed by atoms with Crippen LogP contribution in [0.2, 0.25) is 0 Å². The van der Waals surface area contributed by atoms with Crippen molar-refractivity contribution < 1.29 is 0 Å². The van der Waals surface area contributed by atoms with Crippen molar-refractivity contribution in [2.24, 2.45) is 5.92 Å². The Labute approximate surface area is 73.2 Å². The van der Waals surface area contributed by atoms with Crippen LogP contribution < -0.4 is 10.4 Å². The molecule has 0 aliphatic heterocycles. The predicted octanol–water partition coefficient (Wildman–Crippen LogP) is 1.51. The molecule has 1 atom stereocenters. The summed E-state index contributed by atoms with van der Waals surface area (Å²) >= 11 is 0. The molecule has 0 heterocycles. The monoisotopic (exact) mass is 158 g/mol. The van der Waals surface area contributed by atoms with E-state index in [1.54, 1.807) is 0 Å². The summed E-state index contributed by atoms with van der Waals surface area (Å²) in [5.41, 5.74) is 2.83. The smallest absolute Gasteiger partial charge is 0.00634 e. The van der Waals surface area contributed by atoms with Crippen molar-refractivity contribution in [1.29, 1.82) is 0 Å². The van der Waals surface area contributed by atoms with Gasteiger partial charge in [-0.3, -0.25) is 0 Å². The topological polar surface area (TPSA) is 0 Å². The van der Waals surface area contributed by atoms with Gasteiger partial charge in [0.05, 0.1) is 0 Å². The zero-order valence-corrected chi connectivity index (χ0v) is 7.89. The van der Waals surface area contributed by atoms with Gasteiger partial charge in [-0.1, -0.05) is 31.2 Å². The minimum Gasteiger partial charge on any atom is -0.0700 e. The van der Waals surface area contributed by atoms with Crippen LogP contribution in [0, 0.1) is 19.8 Å². The highest BCUT2D eigenvalue weighted by Crippen LogP contribution is 2.05. The molecular weight excluding hydrogens is 144 g/mol. The molecule has 0 amide bonds. The van der Waals surface area contributed by atoms with E-state index in [2.05, 4.69) is 45.1 Å². The van der Waals surface area contributed by atoms with E-state index in [-0.39, 0.29) is 0 Å². The average molecular weight is 158 g/mol. The molecule has 2 rings (SSSR count). The van der Waals surface area contributed by atoms with Crippen LogP contribution in [0.25, 0.3) is 12.2 Å². The largest absolute Gasteiger partial charge is 0.0700 e. The fraction of sp³-hybridized carbons (Fsp3) is 0.333. The van der Waals surface area contributed by atoms with Crippen LogP contribution in [-0.2, 0) is 0 Å². The third-order valence-corrected chi connectivity index (χ3v) is 2.69. The van der Waals surface area contributed by atoms with Gasteiger partial charge < -0.3 is 0 Å². The third-order valence-electron chi connectivity index (χ3n) is 2.69. The lowest BCUT2D eigenvalue weighted by Gasteiger charge is -1.98. The first-order valence-corrected chi connectivity index (χ1v) is 4.48. The maximum absolute atomic E-state index is 2.34. The second-order valence-electron chi connectivity index (χ2n) is 3.70. The molecule has 1 aromatic carbocycles. The van der Waals surface area contributed by atoms with Crippen molar-refractivity contribution in [3.8, 4) is 0 Å². The number of fused-ring (bicyclic) bond motifs is 1. The number of hydrogen-bond acceptors (Lipinski definition) is 0. The molecule has 1 aromatic rings. The molecule has 0 N–H and O–H groups in total. The molecule has 1 aliphatic carbocycles. The number of aryl methyl sites for hydroxylation is 1. The SMILES string of the molecule is Cc1ccc2c(c1C)=CC(C)C=2. The van der Waals surface area contributed by atoms with Crippen LogP contribution in [0.5, 0.6) is 0 Å². The van der Waals surface area contributed by atoms with Gasteiger partial charge in [-0.25, -0.2) is 0 Å². The molecule has 0 spiro atoms. The Morgan fingerprint density at radius 1 is 1.08 bits per heavy atom. The molecule has 62 valence electrons. The fourth-order valence-electron chi connectivity index (χ4n) is 1.82. The maximum atomic E-state index is 2.34. The lowest BCUT2D eigenvalue weighted by molar-refractivity contribution is 1.07. The Bertz CT molecular complexity index is 424. The molecule has 0 bridgehead atoms. The Morgan fingerprint density at radius 2 is 1.83 bits per heavy atom. The molecule has 0 fully saturated rings. The van der Waals surface area contributed by atoms with Crippen LogP contribution in [-0.4, -0.2) is 0 Å². The van der Waals surface area contributed by atoms with Gasteiger partial charge in [-0.2, -0.15) is 0 Å². The first kappa shape index (κ1) is 7.60. The van der Waals surface area contributed by atoms with E-state index < -0.39 is 0 Å². The van der Waals surface area contributed by atoms with Crippen LogP contribution in [0.3, 0.4) is 0 Å². The maximum Gasteiger partial charge on any atom is -0.00634 e. The summed E-state index contributed by atoms with van der Waals surface area (Å²) in [6.45, 7) is 6.61. The van der Waals surface area contributed by atoms with E-state index >= 15 is 0 Å². The molecule has 0 saturated heterocycles. The van der Waals surface area contributed by atoms with Gasteiger partial charge in [-0.05, 0) is 41.3 Å². The van der Waals surface area contributed by atoms with Gasteiger partial charge in [0, 0.05) is 0 Å². The van der Waals surface area contributed by atoms with E-state index in [0.29, 0.717) is 5.92 Å².